The van der Waals surface area contributed by atoms with Crippen molar-refractivity contribution in [1.29, 1.82) is 0 Å². The van der Waals surface area contributed by atoms with E-state index in [9.17, 15) is 0 Å². The van der Waals surface area contributed by atoms with Gasteiger partial charge in [0.25, 0.3) is 0 Å². The molecule has 4 nitrogen and oxygen atoms in total. The predicted octanol–water partition coefficient (Wildman–Crippen LogP) is 2.70. The second-order valence-corrected chi connectivity index (χ2v) is 8.50. The first-order chi connectivity index (χ1) is 10.8. The first-order valence-electron chi connectivity index (χ1n) is 8.83. The molecule has 0 aromatic carbocycles. The van der Waals surface area contributed by atoms with Crippen molar-refractivity contribution in [1.82, 2.24) is 9.78 Å². The van der Waals surface area contributed by atoms with E-state index in [-0.39, 0.29) is 18.3 Å². The van der Waals surface area contributed by atoms with Gasteiger partial charge in [-0.25, -0.2) is 0 Å². The van der Waals surface area contributed by atoms with Gasteiger partial charge in [-0.15, -0.1) is 0 Å². The first kappa shape index (κ1) is 15.5. The quantitative estimate of drug-likeness (QED) is 0.636. The summed E-state index contributed by atoms with van der Waals surface area (Å²) >= 11 is 0. The lowest BCUT2D eigenvalue weighted by Gasteiger charge is -2.32. The minimum absolute atomic E-state index is 0.304. The van der Waals surface area contributed by atoms with Gasteiger partial charge in [-0.1, -0.05) is 12.2 Å². The number of aromatic nitrogens is 2. The zero-order valence-corrected chi connectivity index (χ0v) is 14.9. The number of allylic oxidation sites excluding steroid dienone is 2. The summed E-state index contributed by atoms with van der Waals surface area (Å²) in [4.78, 5) is 0. The van der Waals surface area contributed by atoms with E-state index in [1.165, 1.54) is 18.5 Å². The minimum atomic E-state index is -0.311. The SMILES string of the molecule is Cc1c(B2OC(C)(C)C(C)(C)O2)cnn1C[C@@H]1C[C@@H]2C=C[C@H]1C2. The Balaban J connectivity index is 1.52. The van der Waals surface area contributed by atoms with Crippen molar-refractivity contribution < 1.29 is 9.31 Å². The fraction of sp³-hybridized carbons (Fsp3) is 0.722. The molecule has 2 heterocycles. The Labute approximate surface area is 139 Å². The van der Waals surface area contributed by atoms with Gasteiger partial charge in [0.15, 0.2) is 0 Å². The molecule has 0 spiro atoms. The number of hydrogen-bond acceptors (Lipinski definition) is 3. The Morgan fingerprint density at radius 2 is 1.87 bits per heavy atom. The van der Waals surface area contributed by atoms with Gasteiger partial charge < -0.3 is 9.31 Å². The van der Waals surface area contributed by atoms with E-state index < -0.39 is 0 Å². The van der Waals surface area contributed by atoms with Crippen molar-refractivity contribution in [2.24, 2.45) is 17.8 Å². The van der Waals surface area contributed by atoms with Gasteiger partial charge in [-0.3, -0.25) is 4.68 Å². The van der Waals surface area contributed by atoms with Gasteiger partial charge in [-0.2, -0.15) is 5.10 Å². The fourth-order valence-electron chi connectivity index (χ4n) is 4.17. The number of rotatable bonds is 3. The lowest BCUT2D eigenvalue weighted by molar-refractivity contribution is 0.00578. The molecule has 5 heteroatoms. The van der Waals surface area contributed by atoms with Gasteiger partial charge >= 0.3 is 7.12 Å². The Kier molecular flexibility index (Phi) is 3.34. The van der Waals surface area contributed by atoms with Crippen LogP contribution in [-0.2, 0) is 15.9 Å². The second-order valence-electron chi connectivity index (χ2n) is 8.50. The van der Waals surface area contributed by atoms with E-state index in [0.29, 0.717) is 0 Å². The summed E-state index contributed by atoms with van der Waals surface area (Å²) in [5.74, 6) is 2.29. The smallest absolute Gasteiger partial charge is 0.399 e. The molecule has 2 bridgehead atoms. The molecule has 0 amide bonds. The summed E-state index contributed by atoms with van der Waals surface area (Å²) in [5, 5.41) is 4.64. The molecule has 23 heavy (non-hydrogen) atoms. The first-order valence-corrected chi connectivity index (χ1v) is 8.83. The summed E-state index contributed by atoms with van der Waals surface area (Å²) in [6.07, 6.45) is 9.39. The topological polar surface area (TPSA) is 36.3 Å². The Bertz CT molecular complexity index is 633. The van der Waals surface area contributed by atoms with Gasteiger partial charge in [-0.05, 0) is 65.2 Å². The third kappa shape index (κ3) is 2.40. The van der Waals surface area contributed by atoms with Crippen LogP contribution < -0.4 is 5.46 Å². The minimum Gasteiger partial charge on any atom is -0.399 e. The standard InChI is InChI=1S/C18H27BN2O2/c1-12-16(19-22-17(2,3)18(4,5)23-19)10-20-21(12)11-15-9-13-6-7-14(15)8-13/h6-7,10,13-15H,8-9,11H2,1-5H3/t13-,14+,15+/m1/s1. The van der Waals surface area contributed by atoms with Gasteiger partial charge in [0.1, 0.15) is 0 Å². The Morgan fingerprint density at radius 1 is 1.17 bits per heavy atom. The van der Waals surface area contributed by atoms with E-state index in [4.69, 9.17) is 9.31 Å². The van der Waals surface area contributed by atoms with E-state index >= 15 is 0 Å². The average molecular weight is 314 g/mol. The molecule has 1 aromatic rings. The molecule has 1 saturated carbocycles. The third-order valence-corrected chi connectivity index (χ3v) is 6.47. The number of fused-ring (bicyclic) bond motifs is 2. The van der Waals surface area contributed by atoms with Crippen molar-refractivity contribution in [3.63, 3.8) is 0 Å². The zero-order valence-electron chi connectivity index (χ0n) is 14.9. The maximum absolute atomic E-state index is 6.18. The normalized spacial score (nSPS) is 33.8. The molecule has 0 N–H and O–H groups in total. The van der Waals surface area contributed by atoms with Crippen LogP contribution in [0.1, 0.15) is 46.2 Å². The summed E-state index contributed by atoms with van der Waals surface area (Å²) in [6.45, 7) is 11.5. The van der Waals surface area contributed by atoms with Crippen molar-refractivity contribution in [3.8, 4) is 0 Å². The maximum atomic E-state index is 6.18. The molecular formula is C18H27BN2O2. The van der Waals surface area contributed by atoms with E-state index in [1.54, 1.807) is 0 Å². The van der Waals surface area contributed by atoms with Gasteiger partial charge in [0.05, 0.1) is 11.2 Å². The van der Waals surface area contributed by atoms with Crippen LogP contribution in [0.5, 0.6) is 0 Å². The predicted molar refractivity (Wildman–Crippen MR) is 91.5 cm³/mol. The zero-order chi connectivity index (χ0) is 16.4. The van der Waals surface area contributed by atoms with Crippen molar-refractivity contribution in [2.45, 2.75) is 65.2 Å². The molecule has 2 fully saturated rings. The third-order valence-electron chi connectivity index (χ3n) is 6.47. The fourth-order valence-corrected chi connectivity index (χ4v) is 4.17. The molecule has 1 saturated heterocycles. The van der Waals surface area contributed by atoms with Crippen LogP contribution in [0.3, 0.4) is 0 Å². The highest BCUT2D eigenvalue weighted by molar-refractivity contribution is 6.62. The van der Waals surface area contributed by atoms with Gasteiger partial charge in [0.2, 0.25) is 0 Å². The molecule has 4 rings (SSSR count). The summed E-state index contributed by atoms with van der Waals surface area (Å²) in [6, 6.07) is 0. The largest absolute Gasteiger partial charge is 0.498 e. The van der Waals surface area contributed by atoms with Crippen LogP contribution in [0.2, 0.25) is 0 Å². The monoisotopic (exact) mass is 314 g/mol. The van der Waals surface area contributed by atoms with Crippen LogP contribution in [0.4, 0.5) is 0 Å². The van der Waals surface area contributed by atoms with E-state index in [1.807, 2.05) is 6.20 Å². The van der Waals surface area contributed by atoms with Crippen LogP contribution in [0.15, 0.2) is 18.3 Å². The number of nitrogens with zero attached hydrogens (tertiary/aromatic N) is 2. The average Bonchev–Trinajstić information content (AvgIpc) is 3.17. The molecule has 2 aliphatic carbocycles. The van der Waals surface area contributed by atoms with Crippen LogP contribution in [-0.4, -0.2) is 28.1 Å². The molecule has 1 aliphatic heterocycles. The Hall–Kier alpha value is -1.07. The maximum Gasteiger partial charge on any atom is 0.498 e. The molecule has 3 aliphatic rings. The molecule has 124 valence electrons. The summed E-state index contributed by atoms with van der Waals surface area (Å²) in [5.41, 5.74) is 1.64. The highest BCUT2D eigenvalue weighted by Gasteiger charge is 2.52. The van der Waals surface area contributed by atoms with Crippen molar-refractivity contribution in [3.05, 3.63) is 24.0 Å². The Morgan fingerprint density at radius 3 is 2.43 bits per heavy atom. The van der Waals surface area contributed by atoms with E-state index in [2.05, 4.69) is 56.6 Å². The molecule has 1 aromatic heterocycles. The molecular weight excluding hydrogens is 287 g/mol. The van der Waals surface area contributed by atoms with E-state index in [0.717, 1.165) is 29.8 Å². The molecule has 0 radical (unpaired) electrons. The lowest BCUT2D eigenvalue weighted by Crippen LogP contribution is -2.41. The van der Waals surface area contributed by atoms with Crippen LogP contribution >= 0.6 is 0 Å². The van der Waals surface area contributed by atoms with Crippen LogP contribution in [0.25, 0.3) is 0 Å². The molecule has 3 atom stereocenters. The highest BCUT2D eigenvalue weighted by Crippen LogP contribution is 2.44. The summed E-state index contributed by atoms with van der Waals surface area (Å²) in [7, 11) is -0.311. The van der Waals surface area contributed by atoms with Gasteiger partial charge in [0, 0.05) is 23.9 Å². The highest BCUT2D eigenvalue weighted by atomic mass is 16.7. The lowest BCUT2D eigenvalue weighted by atomic mass is 9.79. The van der Waals surface area contributed by atoms with Crippen LogP contribution in [0, 0.1) is 24.7 Å². The molecule has 0 unspecified atom stereocenters. The number of hydrogen-bond donors (Lipinski definition) is 0. The second kappa shape index (κ2) is 4.96. The van der Waals surface area contributed by atoms with Crippen molar-refractivity contribution >= 4 is 12.6 Å². The van der Waals surface area contributed by atoms with Crippen molar-refractivity contribution in [2.75, 3.05) is 0 Å². The summed E-state index contributed by atoms with van der Waals surface area (Å²) < 4.78 is 14.5.